The first-order valence-corrected chi connectivity index (χ1v) is 10.6. The molecule has 2 aromatic carbocycles. The Balaban J connectivity index is 1.79. The Morgan fingerprint density at radius 1 is 0.679 bits per heavy atom. The molecule has 0 atom stereocenters. The molecule has 2 nitrogen and oxygen atoms in total. The zero-order valence-electron chi connectivity index (χ0n) is 17.0. The second kappa shape index (κ2) is 9.90. The Morgan fingerprint density at radius 3 is 1.50 bits per heavy atom. The minimum Gasteiger partial charge on any atom is -0.491 e. The smallest absolute Gasteiger partial charge is 0.168 e. The zero-order valence-corrected chi connectivity index (χ0v) is 17.0. The van der Waals surface area contributed by atoms with Gasteiger partial charge >= 0.3 is 0 Å². The number of hydrogen-bond donors (Lipinski definition) is 0. The Labute approximate surface area is 166 Å². The van der Waals surface area contributed by atoms with Crippen LogP contribution in [0.2, 0.25) is 0 Å². The summed E-state index contributed by atoms with van der Waals surface area (Å²) in [5.41, 5.74) is 2.76. The summed E-state index contributed by atoms with van der Waals surface area (Å²) in [6, 6.07) is 7.05. The molecule has 0 saturated heterocycles. The lowest BCUT2D eigenvalue weighted by Gasteiger charge is -2.23. The maximum absolute atomic E-state index is 14.9. The maximum Gasteiger partial charge on any atom is 0.168 e. The molecular formula is C24H30F2O2. The van der Waals surface area contributed by atoms with Crippen molar-refractivity contribution < 1.29 is 18.3 Å². The third-order valence-corrected chi connectivity index (χ3v) is 5.34. The van der Waals surface area contributed by atoms with E-state index in [9.17, 15) is 8.78 Å². The molecule has 1 aliphatic rings. The highest BCUT2D eigenvalue weighted by molar-refractivity contribution is 5.75. The third kappa shape index (κ3) is 4.48. The van der Waals surface area contributed by atoms with Gasteiger partial charge in [0.25, 0.3) is 0 Å². The fourth-order valence-electron chi connectivity index (χ4n) is 3.73. The molecule has 3 rings (SSSR count). The first-order chi connectivity index (χ1) is 13.7. The monoisotopic (exact) mass is 388 g/mol. The van der Waals surface area contributed by atoms with Crippen molar-refractivity contribution in [1.29, 1.82) is 0 Å². The van der Waals surface area contributed by atoms with Crippen LogP contribution in [0, 0.1) is 11.6 Å². The molecular weight excluding hydrogens is 358 g/mol. The van der Waals surface area contributed by atoms with Crippen molar-refractivity contribution in [2.24, 2.45) is 0 Å². The molecule has 0 saturated carbocycles. The molecule has 152 valence electrons. The van der Waals surface area contributed by atoms with E-state index in [1.54, 1.807) is 12.1 Å². The van der Waals surface area contributed by atoms with Gasteiger partial charge in [-0.2, -0.15) is 0 Å². The summed E-state index contributed by atoms with van der Waals surface area (Å²) in [4.78, 5) is 0. The predicted molar refractivity (Wildman–Crippen MR) is 109 cm³/mol. The summed E-state index contributed by atoms with van der Waals surface area (Å²) >= 11 is 0. The fourth-order valence-corrected chi connectivity index (χ4v) is 3.73. The quantitative estimate of drug-likeness (QED) is 0.414. The normalized spacial score (nSPS) is 12.4. The van der Waals surface area contributed by atoms with Gasteiger partial charge in [-0.1, -0.05) is 51.7 Å². The van der Waals surface area contributed by atoms with Crippen LogP contribution in [-0.2, 0) is 12.8 Å². The highest BCUT2D eigenvalue weighted by atomic mass is 19.1. The van der Waals surface area contributed by atoms with Crippen molar-refractivity contribution >= 4 is 0 Å². The van der Waals surface area contributed by atoms with Gasteiger partial charge in [0.2, 0.25) is 0 Å². The Bertz CT molecular complexity index is 734. The molecule has 0 N–H and O–H groups in total. The topological polar surface area (TPSA) is 18.5 Å². The van der Waals surface area contributed by atoms with Gasteiger partial charge in [-0.15, -0.1) is 0 Å². The second-order valence-corrected chi connectivity index (χ2v) is 7.42. The van der Waals surface area contributed by atoms with E-state index in [4.69, 9.17) is 9.47 Å². The average molecular weight is 388 g/mol. The highest BCUT2D eigenvalue weighted by Gasteiger charge is 2.25. The molecule has 0 aromatic heterocycles. The summed E-state index contributed by atoms with van der Waals surface area (Å²) in [6.45, 7) is 5.29. The SMILES string of the molecule is CCCCCOc1ccc2c(c1F)CCc1c-2ccc(OCCCCC)c1F. The van der Waals surface area contributed by atoms with E-state index in [1.165, 1.54) is 0 Å². The first-order valence-electron chi connectivity index (χ1n) is 10.6. The largest absolute Gasteiger partial charge is 0.491 e. The Hall–Kier alpha value is -2.10. The lowest BCUT2D eigenvalue weighted by atomic mass is 9.84. The minimum absolute atomic E-state index is 0.301. The third-order valence-electron chi connectivity index (χ3n) is 5.34. The summed E-state index contributed by atoms with van der Waals surface area (Å²) in [5, 5.41) is 0. The van der Waals surface area contributed by atoms with Crippen LogP contribution in [0.15, 0.2) is 24.3 Å². The van der Waals surface area contributed by atoms with E-state index in [-0.39, 0.29) is 11.6 Å². The number of hydrogen-bond acceptors (Lipinski definition) is 2. The number of rotatable bonds is 10. The van der Waals surface area contributed by atoms with Gasteiger partial charge < -0.3 is 9.47 Å². The first kappa shape index (κ1) is 20.6. The van der Waals surface area contributed by atoms with Crippen LogP contribution in [0.3, 0.4) is 0 Å². The van der Waals surface area contributed by atoms with Crippen LogP contribution in [0.4, 0.5) is 8.78 Å². The molecule has 0 radical (unpaired) electrons. The lowest BCUT2D eigenvalue weighted by molar-refractivity contribution is 0.289. The lowest BCUT2D eigenvalue weighted by Crippen LogP contribution is -2.11. The number of ether oxygens (including phenoxy) is 2. The van der Waals surface area contributed by atoms with Gasteiger partial charge in [0.1, 0.15) is 0 Å². The van der Waals surface area contributed by atoms with Gasteiger partial charge in [-0.25, -0.2) is 8.78 Å². The maximum atomic E-state index is 14.9. The molecule has 0 amide bonds. The van der Waals surface area contributed by atoms with E-state index in [0.29, 0.717) is 48.7 Å². The van der Waals surface area contributed by atoms with Gasteiger partial charge in [0.15, 0.2) is 23.1 Å². The van der Waals surface area contributed by atoms with Crippen LogP contribution in [0.1, 0.15) is 63.5 Å². The van der Waals surface area contributed by atoms with Gasteiger partial charge in [-0.05, 0) is 60.1 Å². The Kier molecular flexibility index (Phi) is 7.30. The number of benzene rings is 2. The van der Waals surface area contributed by atoms with Crippen LogP contribution >= 0.6 is 0 Å². The summed E-state index contributed by atoms with van der Waals surface area (Å²) in [5.74, 6) is -0.01000. The van der Waals surface area contributed by atoms with Crippen LogP contribution < -0.4 is 9.47 Å². The van der Waals surface area contributed by atoms with Crippen LogP contribution in [0.5, 0.6) is 11.5 Å². The minimum atomic E-state index is -0.306. The average Bonchev–Trinajstić information content (AvgIpc) is 2.71. The van der Waals surface area contributed by atoms with Crippen molar-refractivity contribution in [3.05, 3.63) is 47.0 Å². The van der Waals surface area contributed by atoms with E-state index in [0.717, 1.165) is 49.7 Å². The second-order valence-electron chi connectivity index (χ2n) is 7.42. The summed E-state index contributed by atoms with van der Waals surface area (Å²) < 4.78 is 41.1. The van der Waals surface area contributed by atoms with Crippen molar-refractivity contribution in [2.75, 3.05) is 13.2 Å². The number of fused-ring (bicyclic) bond motifs is 3. The molecule has 0 fully saturated rings. The van der Waals surface area contributed by atoms with Crippen LogP contribution in [0.25, 0.3) is 11.1 Å². The molecule has 0 unspecified atom stereocenters. The molecule has 1 aliphatic carbocycles. The van der Waals surface area contributed by atoms with Crippen molar-refractivity contribution in [1.82, 2.24) is 0 Å². The number of unbranched alkanes of at least 4 members (excludes halogenated alkanes) is 4. The van der Waals surface area contributed by atoms with E-state index in [2.05, 4.69) is 13.8 Å². The molecule has 2 aromatic rings. The van der Waals surface area contributed by atoms with E-state index in [1.807, 2.05) is 12.1 Å². The molecule has 0 heterocycles. The van der Waals surface area contributed by atoms with Gasteiger partial charge in [0, 0.05) is 0 Å². The standard InChI is InChI=1S/C24H30F2O2/c1-3-5-7-15-27-21-13-11-17-18-12-14-22(28-16-8-6-4-2)24(26)20(18)10-9-19(17)23(21)25/h11-14H,3-10,15-16H2,1-2H3. The van der Waals surface area contributed by atoms with Crippen molar-refractivity contribution in [2.45, 2.75) is 65.2 Å². The fraction of sp³-hybridized carbons (Fsp3) is 0.500. The summed E-state index contributed by atoms with van der Waals surface area (Å²) in [6.07, 6.45) is 7.12. The van der Waals surface area contributed by atoms with Crippen molar-refractivity contribution in [3.63, 3.8) is 0 Å². The summed E-state index contributed by atoms with van der Waals surface area (Å²) in [7, 11) is 0. The van der Waals surface area contributed by atoms with Gasteiger partial charge in [0.05, 0.1) is 13.2 Å². The molecule has 28 heavy (non-hydrogen) atoms. The molecule has 0 bridgehead atoms. The van der Waals surface area contributed by atoms with E-state index >= 15 is 0 Å². The van der Waals surface area contributed by atoms with Crippen LogP contribution in [-0.4, -0.2) is 13.2 Å². The number of halogens is 2. The predicted octanol–water partition coefficient (Wildman–Crippen LogP) is 6.87. The van der Waals surface area contributed by atoms with Crippen molar-refractivity contribution in [3.8, 4) is 22.6 Å². The van der Waals surface area contributed by atoms with Gasteiger partial charge in [-0.3, -0.25) is 0 Å². The van der Waals surface area contributed by atoms with E-state index < -0.39 is 0 Å². The molecule has 0 spiro atoms. The molecule has 4 heteroatoms. The zero-order chi connectivity index (χ0) is 19.9. The molecule has 0 aliphatic heterocycles. The highest BCUT2D eigenvalue weighted by Crippen LogP contribution is 2.40. The Morgan fingerprint density at radius 2 is 1.11 bits per heavy atom.